The molecule has 24 heavy (non-hydrogen) atoms. The van der Waals surface area contributed by atoms with Gasteiger partial charge in [-0.1, -0.05) is 12.1 Å². The minimum absolute atomic E-state index is 0.114. The number of aliphatic imine (C=N–C) groups is 1. The number of halogens is 2. The monoisotopic (exact) mass is 331 g/mol. The maximum Gasteiger partial charge on any atom is 0.193 e. The first-order chi connectivity index (χ1) is 11.5. The summed E-state index contributed by atoms with van der Waals surface area (Å²) >= 11 is 0. The Morgan fingerprint density at radius 1 is 1.21 bits per heavy atom. The fourth-order valence-electron chi connectivity index (χ4n) is 2.77. The minimum atomic E-state index is -0.587. The molecule has 0 heterocycles. The molecule has 0 unspecified atom stereocenters. The van der Waals surface area contributed by atoms with Crippen molar-refractivity contribution < 1.29 is 13.5 Å². The molecule has 126 valence electrons. The zero-order valence-electron chi connectivity index (χ0n) is 13.4. The summed E-state index contributed by atoms with van der Waals surface area (Å²) in [5.41, 5.74) is 6.16. The molecule has 0 amide bonds. The van der Waals surface area contributed by atoms with Crippen molar-refractivity contribution in [2.45, 2.75) is 18.3 Å². The first-order valence-electron chi connectivity index (χ1n) is 7.69. The van der Waals surface area contributed by atoms with E-state index in [1.165, 1.54) is 18.2 Å². The molecular weight excluding hydrogens is 312 g/mol. The van der Waals surface area contributed by atoms with E-state index in [4.69, 9.17) is 10.5 Å². The summed E-state index contributed by atoms with van der Waals surface area (Å²) in [6, 6.07) is 11.2. The van der Waals surface area contributed by atoms with Crippen LogP contribution in [0.15, 0.2) is 47.5 Å². The summed E-state index contributed by atoms with van der Waals surface area (Å²) in [5.74, 6) is -0.157. The number of anilines is 1. The largest absolute Gasteiger partial charge is 0.497 e. The number of guanidine groups is 1. The maximum atomic E-state index is 14.0. The number of benzene rings is 2. The van der Waals surface area contributed by atoms with Crippen LogP contribution in [-0.4, -0.2) is 19.6 Å². The molecule has 2 aromatic rings. The van der Waals surface area contributed by atoms with Gasteiger partial charge in [-0.05, 0) is 37.1 Å². The Balaban J connectivity index is 1.73. The Kier molecular flexibility index (Phi) is 4.38. The number of nitrogens with two attached hydrogens (primary N) is 1. The molecule has 0 radical (unpaired) electrons. The van der Waals surface area contributed by atoms with Crippen molar-refractivity contribution in [3.8, 4) is 5.75 Å². The lowest BCUT2D eigenvalue weighted by Gasteiger charge is -2.15. The molecule has 1 aliphatic carbocycles. The summed E-state index contributed by atoms with van der Waals surface area (Å²) in [4.78, 5) is 4.28. The molecule has 0 aliphatic heterocycles. The number of methoxy groups -OCH3 is 1. The Labute approximate surface area is 139 Å². The Hall–Kier alpha value is -2.63. The number of nitrogens with zero attached hydrogens (tertiary/aromatic N) is 1. The van der Waals surface area contributed by atoms with Crippen molar-refractivity contribution in [2.75, 3.05) is 19.0 Å². The average Bonchev–Trinajstić information content (AvgIpc) is 3.34. The van der Waals surface area contributed by atoms with Gasteiger partial charge in [0.15, 0.2) is 5.96 Å². The second kappa shape index (κ2) is 6.47. The zero-order valence-corrected chi connectivity index (χ0v) is 13.4. The van der Waals surface area contributed by atoms with Gasteiger partial charge in [0, 0.05) is 22.7 Å². The smallest absolute Gasteiger partial charge is 0.193 e. The third-order valence-electron chi connectivity index (χ3n) is 4.24. The summed E-state index contributed by atoms with van der Waals surface area (Å²) in [7, 11) is 1.58. The molecule has 6 heteroatoms. The number of hydrogen-bond acceptors (Lipinski definition) is 2. The molecule has 0 saturated heterocycles. The Morgan fingerprint density at radius 3 is 2.50 bits per heavy atom. The van der Waals surface area contributed by atoms with Crippen molar-refractivity contribution in [3.05, 3.63) is 59.7 Å². The van der Waals surface area contributed by atoms with Gasteiger partial charge in [0.05, 0.1) is 13.7 Å². The van der Waals surface area contributed by atoms with E-state index < -0.39 is 17.0 Å². The summed E-state index contributed by atoms with van der Waals surface area (Å²) < 4.78 is 33.1. The van der Waals surface area contributed by atoms with Gasteiger partial charge >= 0.3 is 0 Å². The van der Waals surface area contributed by atoms with Gasteiger partial charge < -0.3 is 15.8 Å². The minimum Gasteiger partial charge on any atom is -0.497 e. The van der Waals surface area contributed by atoms with Gasteiger partial charge in [-0.25, -0.2) is 8.78 Å². The van der Waals surface area contributed by atoms with Crippen LogP contribution in [0.3, 0.4) is 0 Å². The third-order valence-corrected chi connectivity index (χ3v) is 4.24. The second-order valence-electron chi connectivity index (χ2n) is 5.94. The molecule has 0 aromatic heterocycles. The topological polar surface area (TPSA) is 59.6 Å². The first-order valence-corrected chi connectivity index (χ1v) is 7.69. The maximum absolute atomic E-state index is 14.0. The molecule has 2 aromatic carbocycles. The van der Waals surface area contributed by atoms with Gasteiger partial charge in [0.25, 0.3) is 0 Å². The normalized spacial score (nSPS) is 15.9. The van der Waals surface area contributed by atoms with E-state index in [1.54, 1.807) is 13.2 Å². The number of rotatable bonds is 5. The van der Waals surface area contributed by atoms with E-state index in [-0.39, 0.29) is 18.1 Å². The van der Waals surface area contributed by atoms with Gasteiger partial charge in [-0.2, -0.15) is 0 Å². The van der Waals surface area contributed by atoms with Crippen LogP contribution in [-0.2, 0) is 5.41 Å². The van der Waals surface area contributed by atoms with E-state index >= 15 is 0 Å². The van der Waals surface area contributed by atoms with Gasteiger partial charge in [-0.3, -0.25) is 4.99 Å². The lowest BCUT2D eigenvalue weighted by molar-refractivity contribution is 0.415. The molecule has 0 atom stereocenters. The summed E-state index contributed by atoms with van der Waals surface area (Å²) in [6.45, 7) is 0.244. The SMILES string of the molecule is COc1cccc(NC(N)=NCC2(c3c(F)cccc3F)CC2)c1. The molecule has 3 N–H and O–H groups in total. The predicted molar refractivity (Wildman–Crippen MR) is 90.4 cm³/mol. The van der Waals surface area contributed by atoms with Crippen LogP contribution in [0.1, 0.15) is 18.4 Å². The molecule has 0 bridgehead atoms. The van der Waals surface area contributed by atoms with Crippen LogP contribution in [0, 0.1) is 11.6 Å². The fraction of sp³-hybridized carbons (Fsp3) is 0.278. The highest BCUT2D eigenvalue weighted by molar-refractivity contribution is 5.92. The van der Waals surface area contributed by atoms with E-state index in [2.05, 4.69) is 10.3 Å². The molecule has 4 nitrogen and oxygen atoms in total. The fourth-order valence-corrected chi connectivity index (χ4v) is 2.77. The van der Waals surface area contributed by atoms with Crippen LogP contribution in [0.2, 0.25) is 0 Å². The lowest BCUT2D eigenvalue weighted by Crippen LogP contribution is -2.25. The lowest BCUT2D eigenvalue weighted by atomic mass is 9.95. The van der Waals surface area contributed by atoms with Crippen LogP contribution in [0.4, 0.5) is 14.5 Å². The van der Waals surface area contributed by atoms with E-state index in [0.717, 1.165) is 5.69 Å². The van der Waals surface area contributed by atoms with Crippen molar-refractivity contribution in [3.63, 3.8) is 0 Å². The first kappa shape index (κ1) is 16.2. The summed E-state index contributed by atoms with van der Waals surface area (Å²) in [6.07, 6.45) is 1.39. The standard InChI is InChI=1S/C18H19F2N3O/c1-24-13-5-2-4-12(10-13)23-17(21)22-11-18(8-9-18)16-14(19)6-3-7-15(16)20/h2-7,10H,8-9,11H2,1H3,(H3,21,22,23). The summed E-state index contributed by atoms with van der Waals surface area (Å²) in [5, 5.41) is 2.96. The highest BCUT2D eigenvalue weighted by atomic mass is 19.1. The Morgan fingerprint density at radius 2 is 1.88 bits per heavy atom. The number of hydrogen-bond donors (Lipinski definition) is 2. The number of nitrogens with one attached hydrogen (secondary N) is 1. The zero-order chi connectivity index (χ0) is 17.2. The third kappa shape index (κ3) is 3.32. The molecule has 1 saturated carbocycles. The second-order valence-corrected chi connectivity index (χ2v) is 5.94. The van der Waals surface area contributed by atoms with Gasteiger partial charge in [-0.15, -0.1) is 0 Å². The van der Waals surface area contributed by atoms with Crippen LogP contribution < -0.4 is 15.8 Å². The Bertz CT molecular complexity index is 752. The van der Waals surface area contributed by atoms with Crippen LogP contribution >= 0.6 is 0 Å². The van der Waals surface area contributed by atoms with Gasteiger partial charge in [0.2, 0.25) is 0 Å². The van der Waals surface area contributed by atoms with Crippen molar-refractivity contribution in [1.82, 2.24) is 0 Å². The predicted octanol–water partition coefficient (Wildman–Crippen LogP) is 3.43. The van der Waals surface area contributed by atoms with Crippen molar-refractivity contribution >= 4 is 11.6 Å². The highest BCUT2D eigenvalue weighted by Crippen LogP contribution is 2.50. The van der Waals surface area contributed by atoms with Crippen molar-refractivity contribution in [2.24, 2.45) is 10.7 Å². The van der Waals surface area contributed by atoms with E-state index in [9.17, 15) is 8.78 Å². The molecule has 1 aliphatic rings. The molecular formula is C18H19F2N3O. The van der Waals surface area contributed by atoms with Gasteiger partial charge in [0.1, 0.15) is 17.4 Å². The molecule has 1 fully saturated rings. The van der Waals surface area contributed by atoms with Crippen molar-refractivity contribution in [1.29, 1.82) is 0 Å². The van der Waals surface area contributed by atoms with Crippen LogP contribution in [0.25, 0.3) is 0 Å². The average molecular weight is 331 g/mol. The molecule has 3 rings (SSSR count). The van der Waals surface area contributed by atoms with E-state index in [0.29, 0.717) is 18.6 Å². The highest BCUT2D eigenvalue weighted by Gasteiger charge is 2.47. The quantitative estimate of drug-likeness (QED) is 0.652. The number of ether oxygens (including phenoxy) is 1. The van der Waals surface area contributed by atoms with Crippen LogP contribution in [0.5, 0.6) is 5.75 Å². The van der Waals surface area contributed by atoms with E-state index in [1.807, 2.05) is 18.2 Å². The molecule has 0 spiro atoms.